The van der Waals surface area contributed by atoms with E-state index in [0.29, 0.717) is 23.9 Å². The molecule has 1 aliphatic carbocycles. The van der Waals surface area contributed by atoms with Gasteiger partial charge < -0.3 is 15.2 Å². The second-order valence-corrected chi connectivity index (χ2v) is 8.73. The van der Waals surface area contributed by atoms with Crippen LogP contribution in [0.5, 0.6) is 0 Å². The van der Waals surface area contributed by atoms with Gasteiger partial charge in [0.15, 0.2) is 0 Å². The van der Waals surface area contributed by atoms with E-state index in [-0.39, 0.29) is 18.2 Å². The van der Waals surface area contributed by atoms with Crippen LogP contribution in [0.1, 0.15) is 92.4 Å². The molecule has 1 aliphatic rings. The maximum absolute atomic E-state index is 12.2. The molecule has 148 valence electrons. The van der Waals surface area contributed by atoms with Gasteiger partial charge in [-0.15, -0.1) is 0 Å². The molecule has 1 fully saturated rings. The molecule has 1 amide bonds. The molecule has 0 heterocycles. The van der Waals surface area contributed by atoms with Gasteiger partial charge >= 0.3 is 6.09 Å². The highest BCUT2D eigenvalue weighted by Gasteiger charge is 2.29. The molecular formula is C21H41NO3. The minimum atomic E-state index is -0.275. The number of hydrogen-bond acceptors (Lipinski definition) is 3. The Hall–Kier alpha value is -0.770. The van der Waals surface area contributed by atoms with Crippen molar-refractivity contribution in [2.24, 2.45) is 17.3 Å². The summed E-state index contributed by atoms with van der Waals surface area (Å²) in [5.41, 5.74) is 0.311. The number of carbonyl (C=O) groups excluding carboxylic acids is 1. The number of carbonyl (C=O) groups is 1. The number of hydrogen-bond donors (Lipinski definition) is 2. The molecule has 0 saturated heterocycles. The Morgan fingerprint density at radius 3 is 2.56 bits per heavy atom. The summed E-state index contributed by atoms with van der Waals surface area (Å²) in [6, 6.07) is 0.242. The Kier molecular flexibility index (Phi) is 9.84. The molecule has 4 unspecified atom stereocenters. The molecule has 0 aromatic rings. The number of ether oxygens (including phenoxy) is 1. The highest BCUT2D eigenvalue weighted by atomic mass is 16.5. The first-order valence-corrected chi connectivity index (χ1v) is 10.4. The van der Waals surface area contributed by atoms with Crippen molar-refractivity contribution < 1.29 is 14.6 Å². The third kappa shape index (κ3) is 8.44. The third-order valence-electron chi connectivity index (χ3n) is 5.84. The van der Waals surface area contributed by atoms with Gasteiger partial charge in [-0.25, -0.2) is 4.79 Å². The van der Waals surface area contributed by atoms with Crippen LogP contribution in [0.3, 0.4) is 0 Å². The van der Waals surface area contributed by atoms with Crippen molar-refractivity contribution in [1.29, 1.82) is 0 Å². The Bertz CT molecular complexity index is 383. The average molecular weight is 356 g/mol. The summed E-state index contributed by atoms with van der Waals surface area (Å²) in [5.74, 6) is 0.626. The fraction of sp³-hybridized carbons (Fsp3) is 0.952. The van der Waals surface area contributed by atoms with E-state index in [1.165, 1.54) is 12.8 Å². The van der Waals surface area contributed by atoms with Gasteiger partial charge in [0.05, 0.1) is 12.7 Å². The van der Waals surface area contributed by atoms with E-state index >= 15 is 0 Å². The summed E-state index contributed by atoms with van der Waals surface area (Å²) >= 11 is 0. The smallest absolute Gasteiger partial charge is 0.407 e. The maximum atomic E-state index is 12.2. The van der Waals surface area contributed by atoms with E-state index in [4.69, 9.17) is 4.74 Å². The minimum Gasteiger partial charge on any atom is -0.449 e. The maximum Gasteiger partial charge on any atom is 0.407 e. The van der Waals surface area contributed by atoms with Crippen molar-refractivity contribution in [1.82, 2.24) is 5.32 Å². The third-order valence-corrected chi connectivity index (χ3v) is 5.84. The van der Waals surface area contributed by atoms with Crippen molar-refractivity contribution in [2.45, 2.75) is 105 Å². The van der Waals surface area contributed by atoms with Crippen molar-refractivity contribution in [3.05, 3.63) is 0 Å². The molecule has 0 bridgehead atoms. The number of amides is 1. The van der Waals surface area contributed by atoms with Gasteiger partial charge in [-0.05, 0) is 49.4 Å². The Morgan fingerprint density at radius 1 is 1.28 bits per heavy atom. The second kappa shape index (κ2) is 11.1. The molecule has 4 nitrogen and oxygen atoms in total. The van der Waals surface area contributed by atoms with Gasteiger partial charge in [0.25, 0.3) is 0 Å². The lowest BCUT2D eigenvalue weighted by atomic mass is 9.75. The monoisotopic (exact) mass is 355 g/mol. The van der Waals surface area contributed by atoms with Crippen LogP contribution in [0.25, 0.3) is 0 Å². The lowest BCUT2D eigenvalue weighted by molar-refractivity contribution is 0.0638. The van der Waals surface area contributed by atoms with Gasteiger partial charge in [-0.3, -0.25) is 0 Å². The van der Waals surface area contributed by atoms with Gasteiger partial charge in [0, 0.05) is 6.04 Å². The second-order valence-electron chi connectivity index (χ2n) is 8.73. The SMILES string of the molecule is CCCC(O)C(CC)CC(CC)COC(=O)NC1CCCC(C)(C)C1. The van der Waals surface area contributed by atoms with Gasteiger partial charge in [0.2, 0.25) is 0 Å². The van der Waals surface area contributed by atoms with E-state index in [1.54, 1.807) is 0 Å². The molecule has 2 N–H and O–H groups in total. The zero-order valence-corrected chi connectivity index (χ0v) is 17.1. The number of alkyl carbamates (subject to hydrolysis) is 1. The molecule has 4 atom stereocenters. The quantitative estimate of drug-likeness (QED) is 0.560. The first-order valence-electron chi connectivity index (χ1n) is 10.4. The highest BCUT2D eigenvalue weighted by molar-refractivity contribution is 5.67. The first kappa shape index (κ1) is 22.3. The Labute approximate surface area is 155 Å². The van der Waals surface area contributed by atoms with E-state index in [2.05, 4.69) is 39.9 Å². The summed E-state index contributed by atoms with van der Waals surface area (Å²) < 4.78 is 5.52. The van der Waals surface area contributed by atoms with Crippen LogP contribution in [-0.2, 0) is 4.74 Å². The minimum absolute atomic E-state index is 0.234. The standard InChI is InChI=1S/C21H41NO3/c1-6-10-19(23)17(8-3)13-16(7-2)15-25-20(24)22-18-11-9-12-21(4,5)14-18/h16-19,23H,6-15H2,1-5H3,(H,22,24). The lowest BCUT2D eigenvalue weighted by Gasteiger charge is -2.35. The summed E-state index contributed by atoms with van der Waals surface area (Å²) in [6.45, 7) is 11.4. The summed E-state index contributed by atoms with van der Waals surface area (Å²) in [6.07, 6.45) is 8.71. The van der Waals surface area contributed by atoms with E-state index < -0.39 is 0 Å². The molecule has 0 aromatic heterocycles. The normalized spacial score (nSPS) is 23.5. The molecule has 0 spiro atoms. The number of aliphatic hydroxyl groups is 1. The Morgan fingerprint density at radius 2 is 2.00 bits per heavy atom. The van der Waals surface area contributed by atoms with Crippen molar-refractivity contribution in [2.75, 3.05) is 6.61 Å². The molecular weight excluding hydrogens is 314 g/mol. The fourth-order valence-corrected chi connectivity index (χ4v) is 4.13. The molecule has 25 heavy (non-hydrogen) atoms. The van der Waals surface area contributed by atoms with Crippen LogP contribution >= 0.6 is 0 Å². The predicted molar refractivity (Wildman–Crippen MR) is 104 cm³/mol. The topological polar surface area (TPSA) is 58.6 Å². The number of aliphatic hydroxyl groups excluding tert-OH is 1. The largest absolute Gasteiger partial charge is 0.449 e. The molecule has 4 heteroatoms. The molecule has 0 radical (unpaired) electrons. The van der Waals surface area contributed by atoms with Crippen LogP contribution in [-0.4, -0.2) is 30.0 Å². The zero-order valence-electron chi connectivity index (χ0n) is 17.1. The van der Waals surface area contributed by atoms with Gasteiger partial charge in [0.1, 0.15) is 0 Å². The molecule has 1 saturated carbocycles. The van der Waals surface area contributed by atoms with E-state index in [1.807, 2.05) is 0 Å². The Balaban J connectivity index is 2.38. The van der Waals surface area contributed by atoms with Crippen molar-refractivity contribution in [3.63, 3.8) is 0 Å². The van der Waals surface area contributed by atoms with Crippen LogP contribution in [0.4, 0.5) is 4.79 Å². The molecule has 0 aromatic carbocycles. The van der Waals surface area contributed by atoms with Crippen LogP contribution in [0.2, 0.25) is 0 Å². The van der Waals surface area contributed by atoms with E-state index in [0.717, 1.165) is 44.9 Å². The highest BCUT2D eigenvalue weighted by Crippen LogP contribution is 2.35. The van der Waals surface area contributed by atoms with Crippen molar-refractivity contribution in [3.8, 4) is 0 Å². The molecule has 0 aliphatic heterocycles. The first-order chi connectivity index (χ1) is 11.8. The number of rotatable bonds is 10. The summed E-state index contributed by atoms with van der Waals surface area (Å²) in [7, 11) is 0. The lowest BCUT2D eigenvalue weighted by Crippen LogP contribution is -2.41. The predicted octanol–water partition coefficient (Wildman–Crippen LogP) is 5.28. The summed E-state index contributed by atoms with van der Waals surface area (Å²) in [5, 5.41) is 13.3. The van der Waals surface area contributed by atoms with E-state index in [9.17, 15) is 9.90 Å². The summed E-state index contributed by atoms with van der Waals surface area (Å²) in [4.78, 5) is 12.2. The number of nitrogens with one attached hydrogen (secondary N) is 1. The van der Waals surface area contributed by atoms with Crippen molar-refractivity contribution >= 4 is 6.09 Å². The fourth-order valence-electron chi connectivity index (χ4n) is 4.13. The van der Waals surface area contributed by atoms with Crippen LogP contribution in [0.15, 0.2) is 0 Å². The van der Waals surface area contributed by atoms with Crippen LogP contribution < -0.4 is 5.32 Å². The van der Waals surface area contributed by atoms with Crippen LogP contribution in [0, 0.1) is 17.3 Å². The zero-order chi connectivity index (χ0) is 18.9. The molecule has 1 rings (SSSR count). The van der Waals surface area contributed by atoms with Gasteiger partial charge in [-0.1, -0.05) is 60.3 Å². The average Bonchev–Trinajstić information content (AvgIpc) is 2.54. The van der Waals surface area contributed by atoms with Gasteiger partial charge in [-0.2, -0.15) is 0 Å².